The van der Waals surface area contributed by atoms with E-state index in [1.54, 1.807) is 7.11 Å². The molecule has 4 aromatic rings. The number of phenols is 1. The van der Waals surface area contributed by atoms with Crippen LogP contribution in [-0.4, -0.2) is 12.2 Å². The van der Waals surface area contributed by atoms with Crippen molar-refractivity contribution in [3.05, 3.63) is 60.2 Å². The summed E-state index contributed by atoms with van der Waals surface area (Å²) in [5.74, 6) is 0.765. The van der Waals surface area contributed by atoms with Gasteiger partial charge in [-0.3, -0.25) is 0 Å². The van der Waals surface area contributed by atoms with Gasteiger partial charge in [-0.15, -0.1) is 0 Å². The standard InChI is InChI=1S/C20H16O2/c1-12-6-5-9-15-16-10-13-7-3-4-8-14(13)11-17(16)19(21)20(22-2)18(12)15/h3-11,21H,1-2H3. The average molecular weight is 288 g/mol. The van der Waals surface area contributed by atoms with Crippen molar-refractivity contribution in [3.63, 3.8) is 0 Å². The van der Waals surface area contributed by atoms with Gasteiger partial charge in [0.15, 0.2) is 11.5 Å². The van der Waals surface area contributed by atoms with Crippen LogP contribution in [0.25, 0.3) is 32.3 Å². The lowest BCUT2D eigenvalue weighted by molar-refractivity contribution is 0.381. The predicted molar refractivity (Wildman–Crippen MR) is 91.9 cm³/mol. The first-order chi connectivity index (χ1) is 10.7. The fourth-order valence-corrected chi connectivity index (χ4v) is 3.29. The Morgan fingerprint density at radius 3 is 2.18 bits per heavy atom. The number of methoxy groups -OCH3 is 1. The molecular formula is C20H16O2. The molecule has 2 heteroatoms. The molecular weight excluding hydrogens is 272 g/mol. The fourth-order valence-electron chi connectivity index (χ4n) is 3.29. The molecule has 22 heavy (non-hydrogen) atoms. The molecule has 0 aromatic heterocycles. The van der Waals surface area contributed by atoms with Gasteiger partial charge in [0.1, 0.15) is 0 Å². The van der Waals surface area contributed by atoms with Gasteiger partial charge in [0.25, 0.3) is 0 Å². The summed E-state index contributed by atoms with van der Waals surface area (Å²) < 4.78 is 5.51. The molecule has 108 valence electrons. The highest BCUT2D eigenvalue weighted by atomic mass is 16.5. The average Bonchev–Trinajstić information content (AvgIpc) is 2.55. The third-order valence-electron chi connectivity index (χ3n) is 4.35. The lowest BCUT2D eigenvalue weighted by Crippen LogP contribution is -1.91. The van der Waals surface area contributed by atoms with E-state index < -0.39 is 0 Å². The normalized spacial score (nSPS) is 11.4. The maximum Gasteiger partial charge on any atom is 0.169 e. The maximum absolute atomic E-state index is 10.7. The van der Waals surface area contributed by atoms with Crippen LogP contribution in [0.1, 0.15) is 5.56 Å². The molecule has 0 aliphatic heterocycles. The number of rotatable bonds is 1. The molecule has 0 unspecified atom stereocenters. The highest BCUT2D eigenvalue weighted by Gasteiger charge is 2.16. The molecule has 0 saturated carbocycles. The second-order valence-corrected chi connectivity index (χ2v) is 5.62. The zero-order valence-corrected chi connectivity index (χ0v) is 12.6. The molecule has 1 N–H and O–H groups in total. The summed E-state index contributed by atoms with van der Waals surface area (Å²) in [7, 11) is 1.60. The van der Waals surface area contributed by atoms with Crippen molar-refractivity contribution in [2.75, 3.05) is 7.11 Å². The largest absolute Gasteiger partial charge is 0.504 e. The highest BCUT2D eigenvalue weighted by Crippen LogP contribution is 2.44. The van der Waals surface area contributed by atoms with E-state index in [1.807, 2.05) is 37.3 Å². The van der Waals surface area contributed by atoms with E-state index in [-0.39, 0.29) is 5.75 Å². The molecule has 4 aromatic carbocycles. The second-order valence-electron chi connectivity index (χ2n) is 5.62. The molecule has 0 spiro atoms. The van der Waals surface area contributed by atoms with Gasteiger partial charge in [-0.25, -0.2) is 0 Å². The molecule has 0 saturated heterocycles. The number of phenolic OH excluding ortho intramolecular Hbond substituents is 1. The zero-order valence-electron chi connectivity index (χ0n) is 12.6. The van der Waals surface area contributed by atoms with Crippen LogP contribution in [-0.2, 0) is 0 Å². The molecule has 0 amide bonds. The van der Waals surface area contributed by atoms with Crippen molar-refractivity contribution in [1.82, 2.24) is 0 Å². The third kappa shape index (κ3) is 1.67. The SMILES string of the molecule is COc1c(O)c2cc3ccccc3cc2c2cccc(C)c12. The number of aryl methyl sites for hydroxylation is 1. The zero-order chi connectivity index (χ0) is 15.3. The van der Waals surface area contributed by atoms with Crippen LogP contribution in [0.5, 0.6) is 11.5 Å². The number of aromatic hydroxyl groups is 1. The molecule has 0 radical (unpaired) electrons. The van der Waals surface area contributed by atoms with Crippen molar-refractivity contribution >= 4 is 32.3 Å². The molecule has 0 fully saturated rings. The van der Waals surface area contributed by atoms with Crippen molar-refractivity contribution < 1.29 is 9.84 Å². The number of hydrogen-bond acceptors (Lipinski definition) is 2. The van der Waals surface area contributed by atoms with Gasteiger partial charge in [0.05, 0.1) is 7.11 Å². The van der Waals surface area contributed by atoms with Crippen molar-refractivity contribution in [3.8, 4) is 11.5 Å². The first-order valence-electron chi connectivity index (χ1n) is 7.31. The number of ether oxygens (including phenoxy) is 1. The fraction of sp³-hybridized carbons (Fsp3) is 0.100. The van der Waals surface area contributed by atoms with Crippen molar-refractivity contribution in [2.45, 2.75) is 6.92 Å². The summed E-state index contributed by atoms with van der Waals surface area (Å²) >= 11 is 0. The Balaban J connectivity index is 2.33. The minimum atomic E-state index is 0.213. The molecule has 4 rings (SSSR count). The van der Waals surface area contributed by atoms with Gasteiger partial charge in [-0.05, 0) is 46.2 Å². The lowest BCUT2D eigenvalue weighted by Gasteiger charge is -2.15. The van der Waals surface area contributed by atoms with Gasteiger partial charge in [0, 0.05) is 10.8 Å². The maximum atomic E-state index is 10.7. The number of hydrogen-bond donors (Lipinski definition) is 1. The van der Waals surface area contributed by atoms with E-state index in [2.05, 4.69) is 24.3 Å². The van der Waals surface area contributed by atoms with Crippen LogP contribution in [0.2, 0.25) is 0 Å². The lowest BCUT2D eigenvalue weighted by atomic mass is 9.94. The summed E-state index contributed by atoms with van der Waals surface area (Å²) in [5.41, 5.74) is 1.10. The van der Waals surface area contributed by atoms with Crippen LogP contribution in [0, 0.1) is 6.92 Å². The molecule has 2 nitrogen and oxygen atoms in total. The second kappa shape index (κ2) is 4.63. The monoisotopic (exact) mass is 288 g/mol. The van der Waals surface area contributed by atoms with E-state index in [1.165, 1.54) is 5.39 Å². The van der Waals surface area contributed by atoms with Gasteiger partial charge in [0.2, 0.25) is 0 Å². The molecule has 0 aliphatic rings. The Kier molecular flexibility index (Phi) is 2.73. The van der Waals surface area contributed by atoms with Crippen LogP contribution >= 0.6 is 0 Å². The molecule has 0 bridgehead atoms. The summed E-state index contributed by atoms with van der Waals surface area (Å²) in [6.07, 6.45) is 0. The Morgan fingerprint density at radius 2 is 1.50 bits per heavy atom. The first kappa shape index (κ1) is 13.0. The summed E-state index contributed by atoms with van der Waals surface area (Å²) in [4.78, 5) is 0. The summed E-state index contributed by atoms with van der Waals surface area (Å²) in [6, 6.07) is 18.5. The Morgan fingerprint density at radius 1 is 0.818 bits per heavy atom. The van der Waals surface area contributed by atoms with Crippen LogP contribution in [0.15, 0.2) is 54.6 Å². The predicted octanol–water partition coefficient (Wildman–Crippen LogP) is 5.17. The first-order valence-corrected chi connectivity index (χ1v) is 7.31. The third-order valence-corrected chi connectivity index (χ3v) is 4.35. The Bertz CT molecular complexity index is 1030. The number of benzene rings is 4. The Hall–Kier alpha value is -2.74. The molecule has 0 atom stereocenters. The van der Waals surface area contributed by atoms with E-state index >= 15 is 0 Å². The smallest absolute Gasteiger partial charge is 0.169 e. The van der Waals surface area contributed by atoms with Gasteiger partial charge < -0.3 is 9.84 Å². The Labute approximate surface area is 128 Å². The van der Waals surface area contributed by atoms with E-state index in [0.29, 0.717) is 5.75 Å². The minimum Gasteiger partial charge on any atom is -0.504 e. The molecule has 0 aliphatic carbocycles. The van der Waals surface area contributed by atoms with Gasteiger partial charge >= 0.3 is 0 Å². The quantitative estimate of drug-likeness (QED) is 0.387. The van der Waals surface area contributed by atoms with E-state index in [9.17, 15) is 5.11 Å². The number of fused-ring (bicyclic) bond motifs is 4. The van der Waals surface area contributed by atoms with Crippen LogP contribution in [0.3, 0.4) is 0 Å². The van der Waals surface area contributed by atoms with Gasteiger partial charge in [-0.2, -0.15) is 0 Å². The van der Waals surface area contributed by atoms with Crippen LogP contribution < -0.4 is 4.74 Å². The molecule has 0 heterocycles. The highest BCUT2D eigenvalue weighted by molar-refractivity contribution is 6.17. The van der Waals surface area contributed by atoms with E-state index in [0.717, 1.165) is 32.5 Å². The van der Waals surface area contributed by atoms with E-state index in [4.69, 9.17) is 4.74 Å². The summed E-state index contributed by atoms with van der Waals surface area (Å²) in [6.45, 7) is 2.04. The van der Waals surface area contributed by atoms with Crippen molar-refractivity contribution in [2.24, 2.45) is 0 Å². The van der Waals surface area contributed by atoms with Gasteiger partial charge in [-0.1, -0.05) is 42.5 Å². The summed E-state index contributed by atoms with van der Waals surface area (Å²) in [5, 5.41) is 16.9. The minimum absolute atomic E-state index is 0.213. The van der Waals surface area contributed by atoms with Crippen LogP contribution in [0.4, 0.5) is 0 Å². The van der Waals surface area contributed by atoms with Crippen molar-refractivity contribution in [1.29, 1.82) is 0 Å². The topological polar surface area (TPSA) is 29.5 Å².